The van der Waals surface area contributed by atoms with E-state index < -0.39 is 0 Å². The van der Waals surface area contributed by atoms with Gasteiger partial charge in [-0.05, 0) is 49.1 Å². The molecule has 1 amide bonds. The Kier molecular flexibility index (Phi) is 5.91. The third-order valence-corrected chi connectivity index (χ3v) is 5.57. The summed E-state index contributed by atoms with van der Waals surface area (Å²) in [6.07, 6.45) is 0.847. The van der Waals surface area contributed by atoms with Gasteiger partial charge < -0.3 is 14.6 Å². The summed E-state index contributed by atoms with van der Waals surface area (Å²) in [5.41, 5.74) is 3.23. The minimum atomic E-state index is -0.0682. The van der Waals surface area contributed by atoms with Gasteiger partial charge in [-0.25, -0.2) is 4.98 Å². The largest absolute Gasteiger partial charge is 0.494 e. The van der Waals surface area contributed by atoms with Crippen molar-refractivity contribution in [1.29, 1.82) is 0 Å². The van der Waals surface area contributed by atoms with E-state index in [0.29, 0.717) is 18.0 Å². The lowest BCUT2D eigenvalue weighted by Crippen LogP contribution is -2.24. The second kappa shape index (κ2) is 8.92. The zero-order chi connectivity index (χ0) is 20.1. The predicted octanol–water partition coefficient (Wildman–Crippen LogP) is 4.81. The molecule has 5 nitrogen and oxygen atoms in total. The molecular formula is C23H23N3O2S. The Morgan fingerprint density at radius 3 is 2.72 bits per heavy atom. The normalized spacial score (nSPS) is 10.9. The van der Waals surface area contributed by atoms with Gasteiger partial charge in [-0.15, -0.1) is 11.3 Å². The predicted molar refractivity (Wildman–Crippen MR) is 117 cm³/mol. The van der Waals surface area contributed by atoms with Crippen LogP contribution in [0.5, 0.6) is 5.75 Å². The number of nitrogens with zero attached hydrogens (tertiary/aromatic N) is 2. The van der Waals surface area contributed by atoms with Crippen LogP contribution < -0.4 is 10.1 Å². The number of benzene rings is 2. The quantitative estimate of drug-likeness (QED) is 0.428. The number of rotatable bonds is 8. The number of aryl methyl sites for hydroxylation is 2. The molecule has 2 heterocycles. The van der Waals surface area contributed by atoms with E-state index in [0.717, 1.165) is 35.6 Å². The van der Waals surface area contributed by atoms with Gasteiger partial charge in [0.2, 0.25) is 0 Å². The van der Waals surface area contributed by atoms with Gasteiger partial charge in [0.05, 0.1) is 29.1 Å². The van der Waals surface area contributed by atoms with Crippen LogP contribution in [0.15, 0.2) is 66.0 Å². The summed E-state index contributed by atoms with van der Waals surface area (Å²) >= 11 is 1.44. The van der Waals surface area contributed by atoms with Gasteiger partial charge in [0.1, 0.15) is 11.6 Å². The Labute approximate surface area is 174 Å². The van der Waals surface area contributed by atoms with Gasteiger partial charge in [0.15, 0.2) is 0 Å². The molecule has 4 rings (SSSR count). The highest BCUT2D eigenvalue weighted by molar-refractivity contribution is 7.12. The molecule has 2 aromatic carbocycles. The van der Waals surface area contributed by atoms with Crippen LogP contribution in [-0.4, -0.2) is 22.1 Å². The molecule has 0 aliphatic heterocycles. The van der Waals surface area contributed by atoms with Crippen LogP contribution in [-0.2, 0) is 13.1 Å². The highest BCUT2D eigenvalue weighted by atomic mass is 32.1. The van der Waals surface area contributed by atoms with E-state index in [-0.39, 0.29) is 5.91 Å². The SMILES string of the molecule is Cc1ccc(OCCCn2c(CNC(=O)c3cccs3)nc3ccccc32)cc1. The smallest absolute Gasteiger partial charge is 0.261 e. The molecule has 0 radical (unpaired) electrons. The summed E-state index contributed by atoms with van der Waals surface area (Å²) in [5, 5.41) is 4.88. The molecule has 0 atom stereocenters. The van der Waals surface area contributed by atoms with Crippen molar-refractivity contribution in [2.45, 2.75) is 26.4 Å². The lowest BCUT2D eigenvalue weighted by Gasteiger charge is -2.11. The summed E-state index contributed by atoms with van der Waals surface area (Å²) in [5.74, 6) is 1.67. The highest BCUT2D eigenvalue weighted by Gasteiger charge is 2.12. The van der Waals surface area contributed by atoms with Crippen molar-refractivity contribution < 1.29 is 9.53 Å². The van der Waals surface area contributed by atoms with Crippen molar-refractivity contribution in [2.24, 2.45) is 0 Å². The van der Waals surface area contributed by atoms with Crippen molar-refractivity contribution in [3.63, 3.8) is 0 Å². The molecule has 1 N–H and O–H groups in total. The monoisotopic (exact) mass is 405 g/mol. The van der Waals surface area contributed by atoms with Gasteiger partial charge in [0, 0.05) is 6.54 Å². The van der Waals surface area contributed by atoms with Crippen LogP contribution in [0, 0.1) is 6.92 Å². The molecule has 0 unspecified atom stereocenters. The van der Waals surface area contributed by atoms with Gasteiger partial charge in [0.25, 0.3) is 5.91 Å². The van der Waals surface area contributed by atoms with E-state index in [1.54, 1.807) is 0 Å². The van der Waals surface area contributed by atoms with E-state index in [2.05, 4.69) is 22.9 Å². The molecule has 0 aliphatic carbocycles. The first kappa shape index (κ1) is 19.2. The van der Waals surface area contributed by atoms with Crippen LogP contribution in [0.4, 0.5) is 0 Å². The fourth-order valence-corrected chi connectivity index (χ4v) is 3.85. The standard InChI is InChI=1S/C23H23N3O2S/c1-17-9-11-18(12-10-17)28-14-5-13-26-20-7-3-2-6-19(20)25-22(26)16-24-23(27)21-8-4-15-29-21/h2-4,6-12,15H,5,13-14,16H2,1H3,(H,24,27). The average molecular weight is 406 g/mol. The van der Waals surface area contributed by atoms with E-state index in [1.165, 1.54) is 16.9 Å². The number of imidazole rings is 1. The molecule has 4 aromatic rings. The zero-order valence-corrected chi connectivity index (χ0v) is 17.1. The number of nitrogens with one attached hydrogen (secondary N) is 1. The summed E-state index contributed by atoms with van der Waals surface area (Å²) in [6.45, 7) is 3.85. The molecule has 29 heavy (non-hydrogen) atoms. The van der Waals surface area contributed by atoms with Gasteiger partial charge in [-0.2, -0.15) is 0 Å². The number of ether oxygens (including phenoxy) is 1. The van der Waals surface area contributed by atoms with Crippen LogP contribution in [0.3, 0.4) is 0 Å². The minimum Gasteiger partial charge on any atom is -0.494 e. The molecule has 0 aliphatic rings. The van der Waals surface area contributed by atoms with E-state index in [1.807, 2.05) is 60.0 Å². The van der Waals surface area contributed by atoms with Crippen molar-refractivity contribution in [3.05, 3.63) is 82.3 Å². The minimum absolute atomic E-state index is 0.0682. The second-order valence-electron chi connectivity index (χ2n) is 6.84. The summed E-state index contributed by atoms with van der Waals surface area (Å²) < 4.78 is 8.03. The van der Waals surface area contributed by atoms with Gasteiger partial charge in [-0.3, -0.25) is 4.79 Å². The number of carbonyl (C=O) groups excluding carboxylic acids is 1. The zero-order valence-electron chi connectivity index (χ0n) is 16.3. The Hall–Kier alpha value is -3.12. The van der Waals surface area contributed by atoms with Crippen LogP contribution in [0.25, 0.3) is 11.0 Å². The lowest BCUT2D eigenvalue weighted by atomic mass is 10.2. The third-order valence-electron chi connectivity index (χ3n) is 4.70. The fourth-order valence-electron chi connectivity index (χ4n) is 3.21. The Balaban J connectivity index is 1.42. The Morgan fingerprint density at radius 1 is 1.10 bits per heavy atom. The number of hydrogen-bond donors (Lipinski definition) is 1. The molecule has 0 bridgehead atoms. The highest BCUT2D eigenvalue weighted by Crippen LogP contribution is 2.18. The molecular weight excluding hydrogens is 382 g/mol. The van der Waals surface area contributed by atoms with Crippen LogP contribution in [0.1, 0.15) is 27.5 Å². The second-order valence-corrected chi connectivity index (χ2v) is 7.79. The maximum atomic E-state index is 12.3. The number of carbonyl (C=O) groups is 1. The number of aromatic nitrogens is 2. The Morgan fingerprint density at radius 2 is 1.93 bits per heavy atom. The summed E-state index contributed by atoms with van der Waals surface area (Å²) in [6, 6.07) is 19.8. The molecule has 0 saturated heterocycles. The van der Waals surface area contributed by atoms with E-state index in [9.17, 15) is 4.79 Å². The molecule has 0 saturated carbocycles. The molecule has 0 spiro atoms. The first-order chi connectivity index (χ1) is 14.2. The molecule has 0 fully saturated rings. The topological polar surface area (TPSA) is 56.1 Å². The van der Waals surface area contributed by atoms with Crippen molar-refractivity contribution >= 4 is 28.3 Å². The number of para-hydroxylation sites is 2. The number of thiophene rings is 1. The number of hydrogen-bond acceptors (Lipinski definition) is 4. The number of fused-ring (bicyclic) bond motifs is 1. The van der Waals surface area contributed by atoms with Crippen molar-refractivity contribution in [3.8, 4) is 5.75 Å². The Bertz CT molecular complexity index is 1090. The van der Waals surface area contributed by atoms with E-state index >= 15 is 0 Å². The molecule has 148 valence electrons. The third kappa shape index (κ3) is 4.66. The van der Waals surface area contributed by atoms with Crippen molar-refractivity contribution in [1.82, 2.24) is 14.9 Å². The summed E-state index contributed by atoms with van der Waals surface area (Å²) in [7, 11) is 0. The van der Waals surface area contributed by atoms with Crippen molar-refractivity contribution in [2.75, 3.05) is 6.61 Å². The first-order valence-corrected chi connectivity index (χ1v) is 10.5. The first-order valence-electron chi connectivity index (χ1n) is 9.66. The van der Waals surface area contributed by atoms with Gasteiger partial charge in [-0.1, -0.05) is 35.9 Å². The fraction of sp³-hybridized carbons (Fsp3) is 0.217. The van der Waals surface area contributed by atoms with Gasteiger partial charge >= 0.3 is 0 Å². The molecule has 2 aromatic heterocycles. The maximum Gasteiger partial charge on any atom is 0.261 e. The lowest BCUT2D eigenvalue weighted by molar-refractivity contribution is 0.0953. The summed E-state index contributed by atoms with van der Waals surface area (Å²) in [4.78, 5) is 17.7. The van der Waals surface area contributed by atoms with Crippen LogP contribution in [0.2, 0.25) is 0 Å². The van der Waals surface area contributed by atoms with E-state index in [4.69, 9.17) is 9.72 Å². The number of amides is 1. The maximum absolute atomic E-state index is 12.3. The average Bonchev–Trinajstić information content (AvgIpc) is 3.39. The van der Waals surface area contributed by atoms with Crippen LogP contribution >= 0.6 is 11.3 Å². The molecule has 6 heteroatoms.